The fraction of sp³-hybridized carbons (Fsp3) is 0.333. The molecule has 0 radical (unpaired) electrons. The molecule has 2 aromatic rings. The molecular weight excluding hydrogens is 290 g/mol. The van der Waals surface area contributed by atoms with Crippen molar-refractivity contribution in [3.05, 3.63) is 41.0 Å². The molecule has 0 unspecified atom stereocenters. The number of hydrogen-bond donors (Lipinski definition) is 1. The fourth-order valence-electron chi connectivity index (χ4n) is 2.55. The topological polar surface area (TPSA) is 56.7 Å². The maximum absolute atomic E-state index is 10.9. The zero-order valence-corrected chi connectivity index (χ0v) is 12.3. The number of aromatic nitrogens is 1. The summed E-state index contributed by atoms with van der Waals surface area (Å²) in [5.74, 6) is 0. The van der Waals surface area contributed by atoms with Crippen molar-refractivity contribution in [1.82, 2.24) is 14.8 Å². The van der Waals surface area contributed by atoms with Crippen LogP contribution in [-0.2, 0) is 6.54 Å². The van der Waals surface area contributed by atoms with Crippen LogP contribution in [0.2, 0.25) is 5.02 Å². The number of piperazine rings is 1. The van der Waals surface area contributed by atoms with Crippen molar-refractivity contribution >= 4 is 28.6 Å². The number of benzene rings is 1. The average Bonchev–Trinajstić information content (AvgIpc) is 2.48. The molecule has 6 heteroatoms. The van der Waals surface area contributed by atoms with E-state index < -0.39 is 6.09 Å². The van der Waals surface area contributed by atoms with Crippen LogP contribution in [-0.4, -0.2) is 52.2 Å². The van der Waals surface area contributed by atoms with Gasteiger partial charge in [-0.2, -0.15) is 0 Å². The molecule has 0 spiro atoms. The molecule has 3 rings (SSSR count). The molecule has 0 aliphatic carbocycles. The van der Waals surface area contributed by atoms with E-state index in [2.05, 4.69) is 9.88 Å². The van der Waals surface area contributed by atoms with Crippen molar-refractivity contribution in [2.45, 2.75) is 6.54 Å². The number of rotatable bonds is 2. The summed E-state index contributed by atoms with van der Waals surface area (Å²) in [7, 11) is 0. The van der Waals surface area contributed by atoms with E-state index in [0.29, 0.717) is 18.1 Å². The standard InChI is InChI=1S/C15H16ClN3O2/c16-12-2-4-14-11(9-12)1-3-13(17-14)10-18-5-7-19(8-6-18)15(20)21/h1-4,9H,5-8,10H2,(H,20,21). The van der Waals surface area contributed by atoms with Crippen molar-refractivity contribution in [3.63, 3.8) is 0 Å². The molecular formula is C15H16ClN3O2. The lowest BCUT2D eigenvalue weighted by Crippen LogP contribution is -2.47. The highest BCUT2D eigenvalue weighted by Gasteiger charge is 2.20. The van der Waals surface area contributed by atoms with Gasteiger partial charge in [0.25, 0.3) is 0 Å². The summed E-state index contributed by atoms with van der Waals surface area (Å²) >= 11 is 5.96. The van der Waals surface area contributed by atoms with Gasteiger partial charge in [0.05, 0.1) is 11.2 Å². The number of hydrogen-bond acceptors (Lipinski definition) is 3. The first-order valence-corrected chi connectivity index (χ1v) is 7.25. The third kappa shape index (κ3) is 3.25. The van der Waals surface area contributed by atoms with Gasteiger partial charge >= 0.3 is 6.09 Å². The molecule has 0 saturated carbocycles. The van der Waals surface area contributed by atoms with E-state index in [9.17, 15) is 4.79 Å². The van der Waals surface area contributed by atoms with Crippen LogP contribution >= 0.6 is 11.6 Å². The summed E-state index contributed by atoms with van der Waals surface area (Å²) < 4.78 is 0. The van der Waals surface area contributed by atoms with Crippen molar-refractivity contribution in [2.24, 2.45) is 0 Å². The van der Waals surface area contributed by atoms with Gasteiger partial charge < -0.3 is 10.0 Å². The van der Waals surface area contributed by atoms with Crippen LogP contribution in [0.25, 0.3) is 10.9 Å². The normalized spacial score (nSPS) is 16.3. The molecule has 1 fully saturated rings. The number of fused-ring (bicyclic) bond motifs is 1. The monoisotopic (exact) mass is 305 g/mol. The SMILES string of the molecule is O=C(O)N1CCN(Cc2ccc3cc(Cl)ccc3n2)CC1. The van der Waals surface area contributed by atoms with Crippen molar-refractivity contribution in [1.29, 1.82) is 0 Å². The van der Waals surface area contributed by atoms with E-state index in [1.165, 1.54) is 4.90 Å². The second kappa shape index (κ2) is 5.87. The first-order chi connectivity index (χ1) is 10.1. The fourth-order valence-corrected chi connectivity index (χ4v) is 2.73. The Kier molecular flexibility index (Phi) is 3.94. The van der Waals surface area contributed by atoms with Gasteiger partial charge in [0.1, 0.15) is 0 Å². The van der Waals surface area contributed by atoms with Gasteiger partial charge in [-0.05, 0) is 24.3 Å². The zero-order chi connectivity index (χ0) is 14.8. The summed E-state index contributed by atoms with van der Waals surface area (Å²) in [6, 6.07) is 9.69. The van der Waals surface area contributed by atoms with Crippen LogP contribution in [0.5, 0.6) is 0 Å². The lowest BCUT2D eigenvalue weighted by Gasteiger charge is -2.32. The van der Waals surface area contributed by atoms with Crippen LogP contribution in [0.15, 0.2) is 30.3 Å². The minimum atomic E-state index is -0.838. The predicted octanol–water partition coefficient (Wildman–Crippen LogP) is 2.68. The molecule has 1 saturated heterocycles. The minimum absolute atomic E-state index is 0.554. The summed E-state index contributed by atoms with van der Waals surface area (Å²) in [6.07, 6.45) is -0.838. The van der Waals surface area contributed by atoms with Crippen LogP contribution in [0.4, 0.5) is 4.79 Å². The number of halogens is 1. The summed E-state index contributed by atoms with van der Waals surface area (Å²) in [6.45, 7) is 3.34. The molecule has 1 amide bonds. The Balaban J connectivity index is 1.68. The Morgan fingerprint density at radius 3 is 2.67 bits per heavy atom. The molecule has 1 aliphatic rings. The number of nitrogens with zero attached hydrogens (tertiary/aromatic N) is 3. The van der Waals surface area contributed by atoms with Crippen LogP contribution in [0, 0.1) is 0 Å². The summed E-state index contributed by atoms with van der Waals surface area (Å²) in [4.78, 5) is 19.2. The summed E-state index contributed by atoms with van der Waals surface area (Å²) in [5, 5.41) is 10.7. The van der Waals surface area contributed by atoms with Gasteiger partial charge in [0.15, 0.2) is 0 Å². The average molecular weight is 306 g/mol. The molecule has 1 aromatic carbocycles. The number of pyridine rings is 1. The second-order valence-electron chi connectivity index (χ2n) is 5.19. The molecule has 0 bridgehead atoms. The number of carboxylic acid groups (broad SMARTS) is 1. The smallest absolute Gasteiger partial charge is 0.407 e. The van der Waals surface area contributed by atoms with Crippen molar-refractivity contribution < 1.29 is 9.90 Å². The zero-order valence-electron chi connectivity index (χ0n) is 11.5. The largest absolute Gasteiger partial charge is 0.465 e. The van der Waals surface area contributed by atoms with E-state index in [4.69, 9.17) is 16.7 Å². The maximum atomic E-state index is 10.9. The predicted molar refractivity (Wildman–Crippen MR) is 81.6 cm³/mol. The van der Waals surface area contributed by atoms with E-state index >= 15 is 0 Å². The van der Waals surface area contributed by atoms with Crippen molar-refractivity contribution in [3.8, 4) is 0 Å². The number of carbonyl (C=O) groups is 1. The molecule has 1 aliphatic heterocycles. The number of amides is 1. The van der Waals surface area contributed by atoms with Gasteiger partial charge in [-0.15, -0.1) is 0 Å². The van der Waals surface area contributed by atoms with Gasteiger partial charge in [-0.3, -0.25) is 9.88 Å². The molecule has 2 heterocycles. The van der Waals surface area contributed by atoms with Gasteiger partial charge in [0.2, 0.25) is 0 Å². The molecule has 0 atom stereocenters. The Morgan fingerprint density at radius 1 is 1.19 bits per heavy atom. The van der Waals surface area contributed by atoms with Crippen LogP contribution < -0.4 is 0 Å². The lowest BCUT2D eigenvalue weighted by molar-refractivity contribution is 0.102. The third-order valence-corrected chi connectivity index (χ3v) is 3.97. The van der Waals surface area contributed by atoms with Gasteiger partial charge in [-0.1, -0.05) is 17.7 Å². The molecule has 21 heavy (non-hydrogen) atoms. The molecule has 1 N–H and O–H groups in total. The van der Waals surface area contributed by atoms with Gasteiger partial charge in [-0.25, -0.2) is 4.79 Å². The van der Waals surface area contributed by atoms with Crippen molar-refractivity contribution in [2.75, 3.05) is 26.2 Å². The molecule has 5 nitrogen and oxygen atoms in total. The molecule has 1 aromatic heterocycles. The lowest BCUT2D eigenvalue weighted by atomic mass is 10.2. The van der Waals surface area contributed by atoms with Crippen LogP contribution in [0.1, 0.15) is 5.69 Å². The summed E-state index contributed by atoms with van der Waals surface area (Å²) in [5.41, 5.74) is 1.93. The Labute approximate surface area is 127 Å². The van der Waals surface area contributed by atoms with Gasteiger partial charge in [0, 0.05) is 43.1 Å². The Morgan fingerprint density at radius 2 is 1.95 bits per heavy atom. The third-order valence-electron chi connectivity index (χ3n) is 3.74. The van der Waals surface area contributed by atoms with Crippen LogP contribution in [0.3, 0.4) is 0 Å². The first kappa shape index (κ1) is 14.1. The first-order valence-electron chi connectivity index (χ1n) is 6.87. The Hall–Kier alpha value is -1.85. The Bertz CT molecular complexity index is 669. The van der Waals surface area contributed by atoms with E-state index in [1.54, 1.807) is 0 Å². The quantitative estimate of drug-likeness (QED) is 0.927. The highest BCUT2D eigenvalue weighted by molar-refractivity contribution is 6.31. The highest BCUT2D eigenvalue weighted by atomic mass is 35.5. The highest BCUT2D eigenvalue weighted by Crippen LogP contribution is 2.19. The molecule has 110 valence electrons. The maximum Gasteiger partial charge on any atom is 0.407 e. The minimum Gasteiger partial charge on any atom is -0.465 e. The van der Waals surface area contributed by atoms with E-state index in [1.807, 2.05) is 30.3 Å². The van der Waals surface area contributed by atoms with E-state index in [0.717, 1.165) is 36.2 Å². The van der Waals surface area contributed by atoms with E-state index in [-0.39, 0.29) is 0 Å². The second-order valence-corrected chi connectivity index (χ2v) is 5.62.